The largest absolute Gasteiger partial charge is 0.544 e. The monoisotopic (exact) mass is 296 g/mol. The van der Waals surface area contributed by atoms with Gasteiger partial charge in [0.05, 0.1) is 19.1 Å². The van der Waals surface area contributed by atoms with Crippen LogP contribution >= 0.6 is 0 Å². The number of hydrogen-bond acceptors (Lipinski definition) is 3. The molecule has 0 saturated heterocycles. The van der Waals surface area contributed by atoms with Gasteiger partial charge in [-0.1, -0.05) is 51.9 Å². The molecule has 1 rings (SSSR count). The molecule has 21 heavy (non-hydrogen) atoms. The molecule has 0 fully saturated rings. The number of quaternary nitrogens is 1. The summed E-state index contributed by atoms with van der Waals surface area (Å²) in [5.74, 6) is 0.134. The number of carbonyl (C=O) groups is 1. The van der Waals surface area contributed by atoms with Gasteiger partial charge in [0, 0.05) is 6.42 Å². The number of carbonyl (C=O) groups excluding carboxylic acids is 1. The Kier molecular flexibility index (Phi) is 8.58. The maximum absolute atomic E-state index is 11.0. The zero-order valence-corrected chi connectivity index (χ0v) is 13.9. The average molecular weight is 296 g/mol. The zero-order chi connectivity index (χ0) is 15.6. The third-order valence-corrected chi connectivity index (χ3v) is 4.66. The molecule has 0 bridgehead atoms. The smallest absolute Gasteiger partial charge is 0.198 e. The fourth-order valence-electron chi connectivity index (χ4n) is 3.25. The quantitative estimate of drug-likeness (QED) is 0.410. The van der Waals surface area contributed by atoms with E-state index in [9.17, 15) is 9.90 Å². The third-order valence-electron chi connectivity index (χ3n) is 4.66. The van der Waals surface area contributed by atoms with E-state index in [4.69, 9.17) is 0 Å². The second kappa shape index (κ2) is 9.93. The van der Waals surface area contributed by atoms with Crippen molar-refractivity contribution >= 4 is 11.8 Å². The fraction of sp³-hybridized carbons (Fsp3) is 0.882. The molecule has 0 N–H and O–H groups in total. The molecular weight excluding hydrogens is 264 g/mol. The van der Waals surface area contributed by atoms with Crippen LogP contribution in [0.15, 0.2) is 4.99 Å². The van der Waals surface area contributed by atoms with Gasteiger partial charge in [-0.25, -0.2) is 4.99 Å². The lowest BCUT2D eigenvalue weighted by Crippen LogP contribution is -2.56. The number of carboxylic acid groups (broad SMARTS) is 1. The Balaban J connectivity index is 2.22. The topological polar surface area (TPSA) is 52.5 Å². The Hall–Kier alpha value is -0.900. The second-order valence-electron chi connectivity index (χ2n) is 6.24. The first kappa shape index (κ1) is 18.1. The van der Waals surface area contributed by atoms with Crippen molar-refractivity contribution in [3.63, 3.8) is 0 Å². The van der Waals surface area contributed by atoms with E-state index < -0.39 is 5.97 Å². The molecule has 1 unspecified atom stereocenters. The van der Waals surface area contributed by atoms with Gasteiger partial charge in [-0.15, -0.1) is 0 Å². The van der Waals surface area contributed by atoms with Crippen LogP contribution in [0.3, 0.4) is 0 Å². The van der Waals surface area contributed by atoms with Crippen LogP contribution in [0.2, 0.25) is 0 Å². The molecule has 0 spiro atoms. The van der Waals surface area contributed by atoms with Gasteiger partial charge in [0.25, 0.3) is 0 Å². The molecule has 0 aromatic rings. The maximum Gasteiger partial charge on any atom is 0.198 e. The van der Waals surface area contributed by atoms with E-state index in [0.717, 1.165) is 38.3 Å². The second-order valence-corrected chi connectivity index (χ2v) is 6.24. The molecule has 0 radical (unpaired) electrons. The lowest BCUT2D eigenvalue weighted by atomic mass is 10.1. The number of unbranched alkanes of at least 4 members (excludes halogenated alkanes) is 7. The van der Waals surface area contributed by atoms with Crippen LogP contribution in [0.5, 0.6) is 0 Å². The first-order chi connectivity index (χ1) is 10.1. The third kappa shape index (κ3) is 6.16. The first-order valence-electron chi connectivity index (χ1n) is 8.74. The number of carboxylic acids is 1. The van der Waals surface area contributed by atoms with Crippen molar-refractivity contribution in [3.05, 3.63) is 0 Å². The normalized spacial score (nSPS) is 21.5. The summed E-state index contributed by atoms with van der Waals surface area (Å²) in [7, 11) is 0. The van der Waals surface area contributed by atoms with Crippen LogP contribution in [0.4, 0.5) is 0 Å². The van der Waals surface area contributed by atoms with Gasteiger partial charge in [0.1, 0.15) is 13.1 Å². The zero-order valence-electron chi connectivity index (χ0n) is 13.9. The first-order valence-corrected chi connectivity index (χ1v) is 8.74. The van der Waals surface area contributed by atoms with Crippen molar-refractivity contribution in [2.45, 2.75) is 71.6 Å². The Labute approximate surface area is 129 Å². The molecule has 0 saturated carbocycles. The van der Waals surface area contributed by atoms with Gasteiger partial charge < -0.3 is 9.90 Å². The molecular formula is C17H32N2O2. The van der Waals surface area contributed by atoms with Gasteiger partial charge in [0.2, 0.25) is 0 Å². The highest BCUT2D eigenvalue weighted by Gasteiger charge is 2.35. The van der Waals surface area contributed by atoms with Gasteiger partial charge in [-0.05, 0) is 13.3 Å². The molecule has 0 amide bonds. The Morgan fingerprint density at radius 2 is 1.71 bits per heavy atom. The summed E-state index contributed by atoms with van der Waals surface area (Å²) in [6.45, 7) is 6.80. The van der Waals surface area contributed by atoms with Crippen LogP contribution < -0.4 is 5.11 Å². The van der Waals surface area contributed by atoms with E-state index in [-0.39, 0.29) is 6.54 Å². The lowest BCUT2D eigenvalue weighted by molar-refractivity contribution is -0.829. The average Bonchev–Trinajstić information content (AvgIpc) is 2.84. The van der Waals surface area contributed by atoms with Crippen molar-refractivity contribution < 1.29 is 14.4 Å². The Morgan fingerprint density at radius 1 is 1.10 bits per heavy atom. The van der Waals surface area contributed by atoms with Crippen molar-refractivity contribution in [3.8, 4) is 0 Å². The minimum atomic E-state index is -0.956. The van der Waals surface area contributed by atoms with E-state index in [0.29, 0.717) is 4.48 Å². The Morgan fingerprint density at radius 3 is 2.29 bits per heavy atom. The fourth-order valence-corrected chi connectivity index (χ4v) is 3.25. The molecule has 1 aliphatic heterocycles. The highest BCUT2D eigenvalue weighted by molar-refractivity contribution is 5.79. The number of hydrogen-bond donors (Lipinski definition) is 0. The SMILES string of the molecule is CCCCCCCCCCC1=NCC[N+]1(CC)CC(=O)[O-]. The van der Waals surface area contributed by atoms with E-state index >= 15 is 0 Å². The molecule has 0 aromatic carbocycles. The summed E-state index contributed by atoms with van der Waals surface area (Å²) in [6.07, 6.45) is 11.3. The van der Waals surface area contributed by atoms with E-state index in [1.54, 1.807) is 0 Å². The minimum Gasteiger partial charge on any atom is -0.544 e. The van der Waals surface area contributed by atoms with Crippen LogP contribution in [0, 0.1) is 0 Å². The highest BCUT2D eigenvalue weighted by Crippen LogP contribution is 2.19. The van der Waals surface area contributed by atoms with Gasteiger partial charge in [-0.2, -0.15) is 0 Å². The van der Waals surface area contributed by atoms with E-state index in [1.807, 2.05) is 0 Å². The number of likely N-dealkylation sites (N-methyl/N-ethyl adjacent to an activating group) is 1. The van der Waals surface area contributed by atoms with Crippen LogP contribution in [0.1, 0.15) is 71.6 Å². The number of rotatable bonds is 12. The summed E-state index contributed by atoms with van der Waals surface area (Å²) in [6, 6.07) is 0. The molecule has 4 heteroatoms. The van der Waals surface area contributed by atoms with E-state index in [1.165, 1.54) is 44.9 Å². The van der Waals surface area contributed by atoms with Crippen LogP contribution in [-0.2, 0) is 4.79 Å². The number of aliphatic carboxylic acids is 1. The standard InChI is InChI=1S/C17H32N2O2/c1-3-5-6-7-8-9-10-11-12-16-18-13-14-19(16,4-2)15-17(20)21/h3-15H2,1-2H3. The predicted octanol–water partition coefficient (Wildman–Crippen LogP) is 2.52. The van der Waals surface area contributed by atoms with Crippen LogP contribution in [-0.4, -0.2) is 42.5 Å². The maximum atomic E-state index is 11.0. The number of aliphatic imine (C=N–C) groups is 1. The summed E-state index contributed by atoms with van der Waals surface area (Å²) in [4.78, 5) is 15.6. The predicted molar refractivity (Wildman–Crippen MR) is 85.1 cm³/mol. The number of amidine groups is 1. The minimum absolute atomic E-state index is 0.0896. The molecule has 1 heterocycles. The van der Waals surface area contributed by atoms with Crippen molar-refractivity contribution in [2.24, 2.45) is 4.99 Å². The number of nitrogens with zero attached hydrogens (tertiary/aromatic N) is 2. The summed E-state index contributed by atoms with van der Waals surface area (Å²) >= 11 is 0. The lowest BCUT2D eigenvalue weighted by Gasteiger charge is -2.34. The van der Waals surface area contributed by atoms with Crippen molar-refractivity contribution in [1.29, 1.82) is 0 Å². The summed E-state index contributed by atoms with van der Waals surface area (Å²) in [5, 5.41) is 11.0. The Bertz CT molecular complexity index is 342. The van der Waals surface area contributed by atoms with Gasteiger partial charge in [0.15, 0.2) is 5.84 Å². The van der Waals surface area contributed by atoms with Crippen molar-refractivity contribution in [2.75, 3.05) is 26.2 Å². The molecule has 0 aromatic heterocycles. The van der Waals surface area contributed by atoms with Crippen molar-refractivity contribution in [1.82, 2.24) is 0 Å². The molecule has 4 nitrogen and oxygen atoms in total. The summed E-state index contributed by atoms with van der Waals surface area (Å²) < 4.78 is 0.527. The summed E-state index contributed by atoms with van der Waals surface area (Å²) in [5.41, 5.74) is 0. The molecule has 1 aliphatic rings. The van der Waals surface area contributed by atoms with Gasteiger partial charge in [-0.3, -0.25) is 4.48 Å². The van der Waals surface area contributed by atoms with Crippen LogP contribution in [0.25, 0.3) is 0 Å². The van der Waals surface area contributed by atoms with E-state index in [2.05, 4.69) is 18.8 Å². The molecule has 122 valence electrons. The molecule has 0 aliphatic carbocycles. The molecule has 1 atom stereocenters. The highest BCUT2D eigenvalue weighted by atomic mass is 16.4. The van der Waals surface area contributed by atoms with Gasteiger partial charge >= 0.3 is 0 Å².